The van der Waals surface area contributed by atoms with Crippen LogP contribution in [-0.2, 0) is 4.79 Å². The van der Waals surface area contributed by atoms with E-state index in [-0.39, 0.29) is 11.5 Å². The van der Waals surface area contributed by atoms with Gasteiger partial charge in [0.2, 0.25) is 0 Å². The molecule has 0 radical (unpaired) electrons. The van der Waals surface area contributed by atoms with Gasteiger partial charge in [-0.1, -0.05) is 0 Å². The largest absolute Gasteiger partial charge is 0.479 e. The molecule has 0 aromatic heterocycles. The van der Waals surface area contributed by atoms with E-state index in [0.29, 0.717) is 11.4 Å². The molecule has 1 aliphatic rings. The SMILES string of the molecule is CC1Oc2ccc(C(=O)CCC(F)(F)F)cc2NC1=O. The lowest BCUT2D eigenvalue weighted by atomic mass is 10.0. The lowest BCUT2D eigenvalue weighted by molar-refractivity contribution is -0.133. The Morgan fingerprint density at radius 1 is 1.40 bits per heavy atom. The molecular formula is C13H12F3NO3. The fourth-order valence-electron chi connectivity index (χ4n) is 1.78. The maximum Gasteiger partial charge on any atom is 0.389 e. The van der Waals surface area contributed by atoms with Crippen molar-refractivity contribution in [2.75, 3.05) is 5.32 Å². The van der Waals surface area contributed by atoms with E-state index < -0.39 is 30.9 Å². The highest BCUT2D eigenvalue weighted by molar-refractivity contribution is 6.01. The minimum Gasteiger partial charge on any atom is -0.479 e. The Morgan fingerprint density at radius 3 is 2.75 bits per heavy atom. The molecule has 1 N–H and O–H groups in total. The molecule has 0 fully saturated rings. The molecule has 1 atom stereocenters. The second-order valence-corrected chi connectivity index (χ2v) is 4.50. The number of ether oxygens (including phenoxy) is 1. The van der Waals surface area contributed by atoms with Gasteiger partial charge >= 0.3 is 6.18 Å². The molecule has 1 amide bonds. The molecule has 20 heavy (non-hydrogen) atoms. The summed E-state index contributed by atoms with van der Waals surface area (Å²) >= 11 is 0. The second-order valence-electron chi connectivity index (χ2n) is 4.50. The highest BCUT2D eigenvalue weighted by atomic mass is 19.4. The van der Waals surface area contributed by atoms with E-state index in [2.05, 4.69) is 5.32 Å². The average molecular weight is 287 g/mol. The zero-order chi connectivity index (χ0) is 14.9. The molecule has 7 heteroatoms. The quantitative estimate of drug-likeness (QED) is 0.870. The Bertz CT molecular complexity index is 554. The molecule has 0 bridgehead atoms. The fourth-order valence-corrected chi connectivity index (χ4v) is 1.78. The third-order valence-electron chi connectivity index (χ3n) is 2.87. The summed E-state index contributed by atoms with van der Waals surface area (Å²) in [7, 11) is 0. The average Bonchev–Trinajstić information content (AvgIpc) is 2.36. The van der Waals surface area contributed by atoms with E-state index in [1.54, 1.807) is 6.92 Å². The molecular weight excluding hydrogens is 275 g/mol. The van der Waals surface area contributed by atoms with E-state index >= 15 is 0 Å². The number of Topliss-reactive ketones (excluding diaryl/α,β-unsaturated/α-hetero) is 1. The molecule has 1 aromatic carbocycles. The third-order valence-corrected chi connectivity index (χ3v) is 2.87. The summed E-state index contributed by atoms with van der Waals surface area (Å²) < 4.78 is 41.5. The summed E-state index contributed by atoms with van der Waals surface area (Å²) in [5.41, 5.74) is 0.414. The number of benzene rings is 1. The Balaban J connectivity index is 2.13. The van der Waals surface area contributed by atoms with Crippen LogP contribution in [0.25, 0.3) is 0 Å². The van der Waals surface area contributed by atoms with Crippen LogP contribution < -0.4 is 10.1 Å². The topological polar surface area (TPSA) is 55.4 Å². The fraction of sp³-hybridized carbons (Fsp3) is 0.385. The van der Waals surface area contributed by atoms with Gasteiger partial charge in [-0.2, -0.15) is 13.2 Å². The van der Waals surface area contributed by atoms with Crippen LogP contribution in [0.4, 0.5) is 18.9 Å². The maximum absolute atomic E-state index is 12.1. The van der Waals surface area contributed by atoms with Gasteiger partial charge in [0.05, 0.1) is 12.1 Å². The third kappa shape index (κ3) is 3.28. The lowest BCUT2D eigenvalue weighted by Crippen LogP contribution is -2.34. The number of amides is 1. The molecule has 1 heterocycles. The molecule has 108 valence electrons. The number of halogens is 3. The number of alkyl halides is 3. The standard InChI is InChI=1S/C13H12F3NO3/c1-7-12(19)17-9-6-8(2-3-11(9)20-7)10(18)4-5-13(14,15)16/h2-3,6-7H,4-5H2,1H3,(H,17,19). The first-order valence-corrected chi connectivity index (χ1v) is 5.98. The van der Waals surface area contributed by atoms with Crippen molar-refractivity contribution in [1.29, 1.82) is 0 Å². The van der Waals surface area contributed by atoms with Crippen LogP contribution in [0.1, 0.15) is 30.1 Å². The number of fused-ring (bicyclic) bond motifs is 1. The number of carbonyl (C=O) groups is 2. The summed E-state index contributed by atoms with van der Waals surface area (Å²) in [5.74, 6) is -0.597. The van der Waals surface area contributed by atoms with Crippen LogP contribution >= 0.6 is 0 Å². The second kappa shape index (κ2) is 5.15. The number of ketones is 1. The van der Waals surface area contributed by atoms with Crippen LogP contribution in [0.5, 0.6) is 5.75 Å². The minimum absolute atomic E-state index is 0.117. The summed E-state index contributed by atoms with van der Waals surface area (Å²) in [6, 6.07) is 4.19. The van der Waals surface area contributed by atoms with Gasteiger partial charge in [0, 0.05) is 12.0 Å². The van der Waals surface area contributed by atoms with Gasteiger partial charge in [0.25, 0.3) is 5.91 Å². The van der Waals surface area contributed by atoms with Gasteiger partial charge in [-0.05, 0) is 25.1 Å². The monoisotopic (exact) mass is 287 g/mol. The van der Waals surface area contributed by atoms with Gasteiger partial charge in [-0.15, -0.1) is 0 Å². The summed E-state index contributed by atoms with van der Waals surface area (Å²) in [4.78, 5) is 23.1. The predicted molar refractivity (Wildman–Crippen MR) is 64.8 cm³/mol. The van der Waals surface area contributed by atoms with Gasteiger partial charge in [-0.25, -0.2) is 0 Å². The van der Waals surface area contributed by atoms with Crippen molar-refractivity contribution in [1.82, 2.24) is 0 Å². The summed E-state index contributed by atoms with van der Waals surface area (Å²) in [5, 5.41) is 2.54. The number of rotatable bonds is 3. The molecule has 1 unspecified atom stereocenters. The van der Waals surface area contributed by atoms with Crippen LogP contribution in [0.15, 0.2) is 18.2 Å². The Morgan fingerprint density at radius 2 is 2.10 bits per heavy atom. The van der Waals surface area contributed by atoms with Gasteiger partial charge in [0.1, 0.15) is 5.75 Å². The van der Waals surface area contributed by atoms with Gasteiger partial charge in [-0.3, -0.25) is 9.59 Å². The molecule has 1 aliphatic heterocycles. The predicted octanol–water partition coefficient (Wildman–Crippen LogP) is 2.93. The first kappa shape index (κ1) is 14.4. The molecule has 0 spiro atoms. The lowest BCUT2D eigenvalue weighted by Gasteiger charge is -2.23. The van der Waals surface area contributed by atoms with E-state index in [1.165, 1.54) is 18.2 Å². The molecule has 2 rings (SSSR count). The van der Waals surface area contributed by atoms with Crippen LogP contribution in [0.3, 0.4) is 0 Å². The zero-order valence-corrected chi connectivity index (χ0v) is 10.6. The summed E-state index contributed by atoms with van der Waals surface area (Å²) in [6.45, 7) is 1.57. The van der Waals surface area contributed by atoms with E-state index in [1.807, 2.05) is 0 Å². The Hall–Kier alpha value is -2.05. The van der Waals surface area contributed by atoms with Crippen molar-refractivity contribution < 1.29 is 27.5 Å². The number of nitrogens with one attached hydrogen (secondary N) is 1. The highest BCUT2D eigenvalue weighted by Gasteiger charge is 2.29. The molecule has 4 nitrogen and oxygen atoms in total. The van der Waals surface area contributed by atoms with Crippen molar-refractivity contribution in [2.24, 2.45) is 0 Å². The zero-order valence-electron chi connectivity index (χ0n) is 10.6. The summed E-state index contributed by atoms with van der Waals surface area (Å²) in [6.07, 6.45) is -6.79. The highest BCUT2D eigenvalue weighted by Crippen LogP contribution is 2.31. The van der Waals surface area contributed by atoms with E-state index in [0.717, 1.165) is 0 Å². The number of hydrogen-bond donors (Lipinski definition) is 1. The van der Waals surface area contributed by atoms with E-state index in [9.17, 15) is 22.8 Å². The Kier molecular flexibility index (Phi) is 3.69. The van der Waals surface area contributed by atoms with Crippen LogP contribution in [0, 0.1) is 0 Å². The smallest absolute Gasteiger partial charge is 0.389 e. The van der Waals surface area contributed by atoms with Gasteiger partial charge in [0.15, 0.2) is 11.9 Å². The molecule has 0 saturated heterocycles. The van der Waals surface area contributed by atoms with Crippen molar-refractivity contribution >= 4 is 17.4 Å². The number of hydrogen-bond acceptors (Lipinski definition) is 3. The van der Waals surface area contributed by atoms with Crippen LogP contribution in [0.2, 0.25) is 0 Å². The Labute approximate surface area is 112 Å². The number of anilines is 1. The van der Waals surface area contributed by atoms with E-state index in [4.69, 9.17) is 4.74 Å². The maximum atomic E-state index is 12.1. The van der Waals surface area contributed by atoms with Crippen LogP contribution in [-0.4, -0.2) is 24.0 Å². The van der Waals surface area contributed by atoms with Gasteiger partial charge < -0.3 is 10.1 Å². The molecule has 0 aliphatic carbocycles. The van der Waals surface area contributed by atoms with Crippen molar-refractivity contribution in [3.8, 4) is 5.75 Å². The minimum atomic E-state index is -4.36. The van der Waals surface area contributed by atoms with Crippen molar-refractivity contribution in [2.45, 2.75) is 32.0 Å². The molecule has 0 saturated carbocycles. The number of carbonyl (C=O) groups excluding carboxylic acids is 2. The first-order valence-electron chi connectivity index (χ1n) is 5.98. The first-order chi connectivity index (χ1) is 9.26. The normalized spacial score (nSPS) is 18.0. The van der Waals surface area contributed by atoms with Crippen molar-refractivity contribution in [3.05, 3.63) is 23.8 Å². The van der Waals surface area contributed by atoms with Crippen molar-refractivity contribution in [3.63, 3.8) is 0 Å². The molecule has 1 aromatic rings.